The van der Waals surface area contributed by atoms with Crippen molar-refractivity contribution < 1.29 is 14.6 Å². The Kier molecular flexibility index (Phi) is 2.84. The lowest BCUT2D eigenvalue weighted by molar-refractivity contribution is -0.157. The molecule has 0 aromatic rings. The first-order valence-electron chi connectivity index (χ1n) is 3.23. The van der Waals surface area contributed by atoms with Gasteiger partial charge in [0.1, 0.15) is 6.10 Å². The lowest BCUT2D eigenvalue weighted by Gasteiger charge is -2.24. The van der Waals surface area contributed by atoms with Crippen LogP contribution in [-0.2, 0) is 9.53 Å². The van der Waals surface area contributed by atoms with Gasteiger partial charge in [-0.1, -0.05) is 0 Å². The fourth-order valence-corrected chi connectivity index (χ4v) is 0.393. The highest BCUT2D eigenvalue weighted by atomic mass is 16.6. The monoisotopic (exact) mass is 146 g/mol. The van der Waals surface area contributed by atoms with Crippen LogP contribution >= 0.6 is 0 Å². The Balaban J connectivity index is 3.85. The van der Waals surface area contributed by atoms with Gasteiger partial charge in [-0.05, 0) is 20.8 Å². The predicted molar refractivity (Wildman–Crippen MR) is 37.5 cm³/mol. The number of rotatable bonds is 2. The molecule has 0 amide bonds. The summed E-state index contributed by atoms with van der Waals surface area (Å²) < 4.78 is 4.73. The highest BCUT2D eigenvalue weighted by Gasteiger charge is 2.24. The molecule has 0 radical (unpaired) electrons. The van der Waals surface area contributed by atoms with Crippen molar-refractivity contribution in [2.24, 2.45) is 0 Å². The fourth-order valence-electron chi connectivity index (χ4n) is 0.393. The van der Waals surface area contributed by atoms with E-state index in [-0.39, 0.29) is 5.97 Å². The molecule has 0 aliphatic heterocycles. The molecule has 0 saturated heterocycles. The van der Waals surface area contributed by atoms with E-state index in [0.717, 1.165) is 0 Å². The highest BCUT2D eigenvalue weighted by molar-refractivity contribution is 5.66. The number of hydrogen-bond donors (Lipinski definition) is 1. The van der Waals surface area contributed by atoms with Crippen LogP contribution in [0.2, 0.25) is 0 Å². The Bertz CT molecular complexity index is 123. The summed E-state index contributed by atoms with van der Waals surface area (Å²) in [5, 5.41) is 9.26. The third-order valence-electron chi connectivity index (χ3n) is 1.34. The first-order chi connectivity index (χ1) is 4.34. The maximum absolute atomic E-state index is 10.4. The van der Waals surface area contributed by atoms with Gasteiger partial charge in [-0.15, -0.1) is 0 Å². The Hall–Kier alpha value is -0.570. The molecule has 0 fully saturated rings. The molecule has 3 heteroatoms. The lowest BCUT2D eigenvalue weighted by atomic mass is 10.0. The van der Waals surface area contributed by atoms with Crippen LogP contribution in [0.5, 0.6) is 0 Å². The molecule has 60 valence electrons. The molecular formula is C7H14O3. The summed E-state index contributed by atoms with van der Waals surface area (Å²) in [6.07, 6.45) is -0.454. The van der Waals surface area contributed by atoms with E-state index in [0.29, 0.717) is 0 Å². The van der Waals surface area contributed by atoms with Crippen molar-refractivity contribution in [2.75, 3.05) is 0 Å². The van der Waals surface area contributed by atoms with Crippen LogP contribution in [0.3, 0.4) is 0 Å². The average Bonchev–Trinajstić information content (AvgIpc) is 1.60. The van der Waals surface area contributed by atoms with Crippen molar-refractivity contribution in [1.29, 1.82) is 0 Å². The summed E-state index contributed by atoms with van der Waals surface area (Å²) in [5.74, 6) is -0.366. The van der Waals surface area contributed by atoms with Crippen LogP contribution in [0, 0.1) is 0 Å². The molecule has 10 heavy (non-hydrogen) atoms. The highest BCUT2D eigenvalue weighted by Crippen LogP contribution is 2.11. The molecule has 0 saturated carbocycles. The molecule has 0 heterocycles. The minimum absolute atomic E-state index is 0.366. The van der Waals surface area contributed by atoms with Crippen molar-refractivity contribution in [3.63, 3.8) is 0 Å². The van der Waals surface area contributed by atoms with Crippen LogP contribution in [-0.4, -0.2) is 22.8 Å². The van der Waals surface area contributed by atoms with Crippen LogP contribution in [0.4, 0.5) is 0 Å². The number of hydrogen-bond acceptors (Lipinski definition) is 3. The zero-order valence-corrected chi connectivity index (χ0v) is 6.84. The molecule has 0 aliphatic rings. The Morgan fingerprint density at radius 2 is 2.00 bits per heavy atom. The van der Waals surface area contributed by atoms with E-state index >= 15 is 0 Å². The van der Waals surface area contributed by atoms with Gasteiger partial charge in [-0.3, -0.25) is 4.79 Å². The number of carbonyl (C=O) groups is 1. The van der Waals surface area contributed by atoms with E-state index in [1.165, 1.54) is 6.92 Å². The van der Waals surface area contributed by atoms with E-state index in [1.807, 2.05) is 0 Å². The van der Waals surface area contributed by atoms with Crippen LogP contribution in [0.15, 0.2) is 0 Å². The number of esters is 1. The van der Waals surface area contributed by atoms with Crippen LogP contribution in [0.25, 0.3) is 0 Å². The second-order valence-electron chi connectivity index (χ2n) is 2.91. The minimum atomic E-state index is -0.953. The number of ether oxygens (including phenoxy) is 1. The quantitative estimate of drug-likeness (QED) is 0.583. The van der Waals surface area contributed by atoms with Crippen molar-refractivity contribution in [2.45, 2.75) is 39.4 Å². The second kappa shape index (κ2) is 3.01. The fraction of sp³-hybridized carbons (Fsp3) is 0.857. The molecule has 1 atom stereocenters. The van der Waals surface area contributed by atoms with E-state index in [2.05, 4.69) is 0 Å². The van der Waals surface area contributed by atoms with Crippen molar-refractivity contribution in [3.8, 4) is 0 Å². The standard InChI is InChI=1S/C7H14O3/c1-5(7(3,4)9)10-6(2)8/h5,9H,1-4H3/t5-/m1/s1. The summed E-state index contributed by atoms with van der Waals surface area (Å²) in [7, 11) is 0. The molecule has 0 aliphatic carbocycles. The Labute approximate surface area is 61.0 Å². The summed E-state index contributed by atoms with van der Waals surface area (Å²) in [6, 6.07) is 0. The van der Waals surface area contributed by atoms with Gasteiger partial charge >= 0.3 is 5.97 Å². The Morgan fingerprint density at radius 3 is 2.10 bits per heavy atom. The smallest absolute Gasteiger partial charge is 0.302 e. The van der Waals surface area contributed by atoms with Gasteiger partial charge in [0.15, 0.2) is 0 Å². The van der Waals surface area contributed by atoms with Crippen LogP contribution < -0.4 is 0 Å². The Morgan fingerprint density at radius 1 is 1.60 bits per heavy atom. The normalized spacial score (nSPS) is 14.5. The summed E-state index contributed by atoms with van der Waals surface area (Å²) >= 11 is 0. The van der Waals surface area contributed by atoms with Crippen LogP contribution in [0.1, 0.15) is 27.7 Å². The van der Waals surface area contributed by atoms with E-state index in [4.69, 9.17) is 4.74 Å². The molecule has 0 rings (SSSR count). The summed E-state index contributed by atoms with van der Waals surface area (Å²) in [6.45, 7) is 6.17. The van der Waals surface area contributed by atoms with E-state index in [1.54, 1.807) is 20.8 Å². The third kappa shape index (κ3) is 3.45. The van der Waals surface area contributed by atoms with Crippen molar-refractivity contribution in [1.82, 2.24) is 0 Å². The van der Waals surface area contributed by atoms with Crippen molar-refractivity contribution in [3.05, 3.63) is 0 Å². The lowest BCUT2D eigenvalue weighted by Crippen LogP contribution is -2.36. The molecular weight excluding hydrogens is 132 g/mol. The van der Waals surface area contributed by atoms with Gasteiger partial charge in [0, 0.05) is 6.92 Å². The summed E-state index contributed by atoms with van der Waals surface area (Å²) in [4.78, 5) is 10.4. The van der Waals surface area contributed by atoms with E-state index in [9.17, 15) is 9.90 Å². The zero-order chi connectivity index (χ0) is 8.36. The van der Waals surface area contributed by atoms with Gasteiger partial charge in [0.25, 0.3) is 0 Å². The molecule has 0 aromatic carbocycles. The SMILES string of the molecule is CC(=O)O[C@H](C)C(C)(C)O. The molecule has 0 unspecified atom stereocenters. The van der Waals surface area contributed by atoms with Gasteiger partial charge in [-0.2, -0.15) is 0 Å². The van der Waals surface area contributed by atoms with Gasteiger partial charge in [0.2, 0.25) is 0 Å². The average molecular weight is 146 g/mol. The molecule has 0 bridgehead atoms. The first-order valence-corrected chi connectivity index (χ1v) is 3.23. The molecule has 0 aromatic heterocycles. The minimum Gasteiger partial charge on any atom is -0.460 e. The van der Waals surface area contributed by atoms with Gasteiger partial charge < -0.3 is 9.84 Å². The van der Waals surface area contributed by atoms with Crippen molar-refractivity contribution >= 4 is 5.97 Å². The summed E-state index contributed by atoms with van der Waals surface area (Å²) in [5.41, 5.74) is -0.953. The molecule has 0 spiro atoms. The largest absolute Gasteiger partial charge is 0.460 e. The van der Waals surface area contributed by atoms with Gasteiger partial charge in [0.05, 0.1) is 5.60 Å². The zero-order valence-electron chi connectivity index (χ0n) is 6.84. The van der Waals surface area contributed by atoms with E-state index < -0.39 is 11.7 Å². The molecule has 1 N–H and O–H groups in total. The second-order valence-corrected chi connectivity index (χ2v) is 2.91. The predicted octanol–water partition coefficient (Wildman–Crippen LogP) is 0.709. The maximum Gasteiger partial charge on any atom is 0.302 e. The molecule has 3 nitrogen and oxygen atoms in total. The maximum atomic E-state index is 10.4. The number of carbonyl (C=O) groups excluding carboxylic acids is 1. The topological polar surface area (TPSA) is 46.5 Å². The third-order valence-corrected chi connectivity index (χ3v) is 1.34. The number of aliphatic hydroxyl groups is 1. The van der Waals surface area contributed by atoms with Gasteiger partial charge in [-0.25, -0.2) is 0 Å². The first kappa shape index (κ1) is 9.43.